The van der Waals surface area contributed by atoms with Gasteiger partial charge in [-0.05, 0) is 104 Å². The van der Waals surface area contributed by atoms with Gasteiger partial charge in [0, 0.05) is 16.1 Å². The Bertz CT molecular complexity index is 1240. The van der Waals surface area contributed by atoms with Crippen molar-refractivity contribution in [1.29, 1.82) is 0 Å². The van der Waals surface area contributed by atoms with Crippen molar-refractivity contribution in [3.05, 3.63) is 106 Å². The van der Waals surface area contributed by atoms with Crippen LogP contribution >= 0.6 is 15.9 Å². The van der Waals surface area contributed by atoms with Gasteiger partial charge in [0.15, 0.2) is 0 Å². The second kappa shape index (κ2) is 13.7. The van der Waals surface area contributed by atoms with E-state index in [1.165, 1.54) is 23.3 Å². The van der Waals surface area contributed by atoms with Crippen molar-refractivity contribution >= 4 is 27.5 Å². The van der Waals surface area contributed by atoms with E-state index < -0.39 is 0 Å². The lowest BCUT2D eigenvalue weighted by molar-refractivity contribution is -0.118. The first-order valence-corrected chi connectivity index (χ1v) is 14.4. The quantitative estimate of drug-likeness (QED) is 0.243. The number of rotatable bonds is 10. The van der Waals surface area contributed by atoms with Crippen molar-refractivity contribution in [2.75, 3.05) is 5.32 Å². The van der Waals surface area contributed by atoms with E-state index in [1.807, 2.05) is 62.4 Å². The topological polar surface area (TPSA) is 38.3 Å². The smallest absolute Gasteiger partial charge is 0.226 e. The Morgan fingerprint density at radius 3 is 2.61 bits per heavy atom. The third-order valence-electron chi connectivity index (χ3n) is 7.19. The fourth-order valence-corrected chi connectivity index (χ4v) is 5.38. The van der Waals surface area contributed by atoms with Crippen LogP contribution in [0.15, 0.2) is 88.9 Å². The summed E-state index contributed by atoms with van der Waals surface area (Å²) in [6.45, 7) is 3.82. The number of hydrogen-bond donors (Lipinski definition) is 1. The average molecular weight is 579 g/mol. The molecule has 0 bridgehead atoms. The molecule has 2 atom stereocenters. The number of benzene rings is 3. The summed E-state index contributed by atoms with van der Waals surface area (Å²) >= 11 is 3.52. The zero-order valence-corrected chi connectivity index (χ0v) is 23.8. The number of nitrogens with one attached hydrogen (secondary N) is 1. The Hall–Kier alpha value is -2.92. The molecule has 0 saturated heterocycles. The highest BCUT2D eigenvalue weighted by molar-refractivity contribution is 9.10. The molecule has 1 aliphatic carbocycles. The molecule has 1 amide bonds. The summed E-state index contributed by atoms with van der Waals surface area (Å²) in [5, 5.41) is 3.03. The number of amides is 1. The van der Waals surface area contributed by atoms with Crippen LogP contribution in [0, 0.1) is 11.7 Å². The molecular formula is C33H37BrFNO2. The lowest BCUT2D eigenvalue weighted by Gasteiger charge is -2.20. The van der Waals surface area contributed by atoms with Crippen molar-refractivity contribution < 1.29 is 13.9 Å². The fraction of sp³-hybridized carbons (Fsp3) is 0.364. The van der Waals surface area contributed by atoms with E-state index in [0.717, 1.165) is 66.4 Å². The van der Waals surface area contributed by atoms with Gasteiger partial charge in [-0.2, -0.15) is 0 Å². The normalized spacial score (nSPS) is 16.4. The summed E-state index contributed by atoms with van der Waals surface area (Å²) in [6.07, 6.45) is 9.58. The summed E-state index contributed by atoms with van der Waals surface area (Å²) in [5.74, 6) is 1.07. The number of carbonyl (C=O) groups is 1. The lowest BCUT2D eigenvalue weighted by atomic mass is 9.90. The minimum atomic E-state index is -0.235. The van der Waals surface area contributed by atoms with E-state index in [2.05, 4.69) is 39.5 Å². The van der Waals surface area contributed by atoms with Crippen LogP contribution < -0.4 is 10.1 Å². The van der Waals surface area contributed by atoms with Crippen molar-refractivity contribution in [3.8, 4) is 5.75 Å². The van der Waals surface area contributed by atoms with Crippen LogP contribution in [0.4, 0.5) is 10.1 Å². The van der Waals surface area contributed by atoms with Crippen molar-refractivity contribution in [2.45, 2.75) is 70.8 Å². The van der Waals surface area contributed by atoms with Gasteiger partial charge in [-0.1, -0.05) is 71.8 Å². The average Bonchev–Trinajstić information content (AvgIpc) is 3.14. The van der Waals surface area contributed by atoms with Crippen LogP contribution in [0.2, 0.25) is 0 Å². The molecule has 0 saturated carbocycles. The number of hydrogen-bond acceptors (Lipinski definition) is 2. The van der Waals surface area contributed by atoms with Gasteiger partial charge in [0.2, 0.25) is 5.91 Å². The Balaban J connectivity index is 1.33. The predicted octanol–water partition coefficient (Wildman–Crippen LogP) is 9.76. The van der Waals surface area contributed by atoms with Crippen LogP contribution in [-0.4, -0.2) is 5.91 Å². The summed E-state index contributed by atoms with van der Waals surface area (Å²) in [7, 11) is 0. The molecule has 0 spiro atoms. The molecule has 0 aliphatic heterocycles. The van der Waals surface area contributed by atoms with Gasteiger partial charge in [0.25, 0.3) is 0 Å². The monoisotopic (exact) mass is 577 g/mol. The fourth-order valence-electron chi connectivity index (χ4n) is 5.00. The molecular weight excluding hydrogens is 541 g/mol. The standard InChI is InChI=1S/C33H37BrFNO2/c1-23(2)33(37)36-30-12-5-10-27(21-30)25-9-3-7-24(15-16-25)8-4-14-32(26-17-19-29(35)20-18-26)38-31-13-6-11-28(34)22-31/h5-7,10-13,17-23,25,32H,3-4,8-9,14-16H2,1-2H3,(H,36,37). The highest BCUT2D eigenvalue weighted by Gasteiger charge is 2.18. The van der Waals surface area contributed by atoms with Gasteiger partial charge in [-0.3, -0.25) is 4.79 Å². The zero-order valence-electron chi connectivity index (χ0n) is 22.3. The van der Waals surface area contributed by atoms with Crippen LogP contribution in [0.5, 0.6) is 5.75 Å². The van der Waals surface area contributed by atoms with E-state index in [0.29, 0.717) is 5.92 Å². The zero-order chi connectivity index (χ0) is 26.9. The Morgan fingerprint density at radius 1 is 1.05 bits per heavy atom. The van der Waals surface area contributed by atoms with E-state index in [4.69, 9.17) is 4.74 Å². The summed E-state index contributed by atoms with van der Waals surface area (Å²) in [5.41, 5.74) is 4.69. The maximum atomic E-state index is 13.6. The maximum Gasteiger partial charge on any atom is 0.226 e. The molecule has 3 aromatic rings. The van der Waals surface area contributed by atoms with Crippen LogP contribution in [0.1, 0.15) is 81.9 Å². The largest absolute Gasteiger partial charge is 0.486 e. The van der Waals surface area contributed by atoms with Gasteiger partial charge in [-0.25, -0.2) is 4.39 Å². The second-order valence-corrected chi connectivity index (χ2v) is 11.4. The number of allylic oxidation sites excluding steroid dienone is 2. The SMILES string of the molecule is CC(C)C(=O)Nc1cccc(C2CCC=C(CCCC(Oc3cccc(Br)c3)c3ccc(F)cc3)CC2)c1. The minimum absolute atomic E-state index is 0.0362. The first-order chi connectivity index (χ1) is 18.4. The molecule has 1 N–H and O–H groups in total. The molecule has 38 heavy (non-hydrogen) atoms. The molecule has 0 aromatic heterocycles. The molecule has 0 fully saturated rings. The molecule has 1 aliphatic rings. The molecule has 3 nitrogen and oxygen atoms in total. The molecule has 2 unspecified atom stereocenters. The van der Waals surface area contributed by atoms with Gasteiger partial charge < -0.3 is 10.1 Å². The second-order valence-electron chi connectivity index (χ2n) is 10.5. The van der Waals surface area contributed by atoms with Crippen LogP contribution in [0.3, 0.4) is 0 Å². The van der Waals surface area contributed by atoms with Gasteiger partial charge >= 0.3 is 0 Å². The number of carbonyl (C=O) groups excluding carboxylic acids is 1. The Kier molecular flexibility index (Phi) is 10.2. The van der Waals surface area contributed by atoms with E-state index in [-0.39, 0.29) is 23.7 Å². The highest BCUT2D eigenvalue weighted by atomic mass is 79.9. The molecule has 200 valence electrons. The third-order valence-corrected chi connectivity index (χ3v) is 7.69. The van der Waals surface area contributed by atoms with Crippen molar-refractivity contribution in [1.82, 2.24) is 0 Å². The highest BCUT2D eigenvalue weighted by Crippen LogP contribution is 2.35. The molecule has 5 heteroatoms. The Morgan fingerprint density at radius 2 is 1.84 bits per heavy atom. The van der Waals surface area contributed by atoms with Crippen LogP contribution in [-0.2, 0) is 4.79 Å². The maximum absolute atomic E-state index is 13.6. The number of halogens is 2. The lowest BCUT2D eigenvalue weighted by Crippen LogP contribution is -2.17. The van der Waals surface area contributed by atoms with Crippen molar-refractivity contribution in [3.63, 3.8) is 0 Å². The first kappa shape index (κ1) is 28.1. The first-order valence-electron chi connectivity index (χ1n) is 13.6. The number of anilines is 1. The van der Waals surface area contributed by atoms with Gasteiger partial charge in [-0.15, -0.1) is 0 Å². The van der Waals surface area contributed by atoms with E-state index in [9.17, 15) is 9.18 Å². The minimum Gasteiger partial charge on any atom is -0.486 e. The summed E-state index contributed by atoms with van der Waals surface area (Å²) < 4.78 is 20.9. The van der Waals surface area contributed by atoms with E-state index >= 15 is 0 Å². The third kappa shape index (κ3) is 8.29. The molecule has 0 radical (unpaired) electrons. The Labute approximate surface area is 234 Å². The summed E-state index contributed by atoms with van der Waals surface area (Å²) in [6, 6.07) is 22.9. The molecule has 4 rings (SSSR count). The molecule has 3 aromatic carbocycles. The van der Waals surface area contributed by atoms with E-state index in [1.54, 1.807) is 0 Å². The van der Waals surface area contributed by atoms with Gasteiger partial charge in [0.05, 0.1) is 0 Å². The predicted molar refractivity (Wildman–Crippen MR) is 157 cm³/mol. The van der Waals surface area contributed by atoms with Crippen LogP contribution in [0.25, 0.3) is 0 Å². The van der Waals surface area contributed by atoms with Crippen molar-refractivity contribution in [2.24, 2.45) is 5.92 Å². The molecule has 0 heterocycles. The summed E-state index contributed by atoms with van der Waals surface area (Å²) in [4.78, 5) is 12.1. The number of ether oxygens (including phenoxy) is 1. The van der Waals surface area contributed by atoms with Gasteiger partial charge in [0.1, 0.15) is 17.7 Å².